The lowest BCUT2D eigenvalue weighted by molar-refractivity contribution is 0.00654. The van der Waals surface area contributed by atoms with Crippen molar-refractivity contribution in [3.63, 3.8) is 0 Å². The van der Waals surface area contributed by atoms with Crippen LogP contribution in [0, 0.1) is 5.92 Å². The maximum Gasteiger partial charge on any atom is 0.159 e. The van der Waals surface area contributed by atoms with Crippen LogP contribution in [0.5, 0.6) is 5.75 Å². The van der Waals surface area contributed by atoms with E-state index in [4.69, 9.17) is 4.74 Å². The summed E-state index contributed by atoms with van der Waals surface area (Å²) in [6.07, 6.45) is 7.47. The molecule has 1 aromatic rings. The Morgan fingerprint density at radius 3 is 2.67 bits per heavy atom. The Morgan fingerprint density at radius 2 is 1.92 bits per heavy atom. The summed E-state index contributed by atoms with van der Waals surface area (Å²) in [6.45, 7) is 3.66. The van der Waals surface area contributed by atoms with E-state index in [0.717, 1.165) is 12.5 Å². The van der Waals surface area contributed by atoms with E-state index in [9.17, 15) is 9.90 Å². The number of rotatable bonds is 6. The van der Waals surface area contributed by atoms with Gasteiger partial charge in [0.1, 0.15) is 18.5 Å². The molecule has 4 heteroatoms. The van der Waals surface area contributed by atoms with Gasteiger partial charge in [-0.2, -0.15) is 0 Å². The van der Waals surface area contributed by atoms with E-state index in [1.807, 2.05) is 0 Å². The van der Waals surface area contributed by atoms with Gasteiger partial charge in [-0.3, -0.25) is 9.69 Å². The number of aliphatic hydroxyl groups excluding tert-OH is 1. The topological polar surface area (TPSA) is 49.8 Å². The molecule has 1 aliphatic carbocycles. The number of ketones is 1. The van der Waals surface area contributed by atoms with E-state index >= 15 is 0 Å². The number of fused-ring (bicyclic) bond motifs is 1. The lowest BCUT2D eigenvalue weighted by Gasteiger charge is -2.44. The van der Waals surface area contributed by atoms with Gasteiger partial charge >= 0.3 is 0 Å². The van der Waals surface area contributed by atoms with E-state index in [-0.39, 0.29) is 5.78 Å². The van der Waals surface area contributed by atoms with Gasteiger partial charge in [0.15, 0.2) is 5.78 Å². The SMILES string of the molecule is CC(=O)c1ccc(OCC(O)CN2CCCC3CCCCC32)cc1. The van der Waals surface area contributed by atoms with E-state index in [0.29, 0.717) is 30.5 Å². The van der Waals surface area contributed by atoms with Crippen LogP contribution in [0.15, 0.2) is 24.3 Å². The zero-order valence-electron chi connectivity index (χ0n) is 14.6. The Morgan fingerprint density at radius 1 is 1.21 bits per heavy atom. The summed E-state index contributed by atoms with van der Waals surface area (Å²) in [6, 6.07) is 7.78. The summed E-state index contributed by atoms with van der Waals surface area (Å²) in [5, 5.41) is 10.4. The van der Waals surface area contributed by atoms with E-state index in [1.165, 1.54) is 38.5 Å². The number of likely N-dealkylation sites (tertiary alicyclic amines) is 1. The number of aliphatic hydroxyl groups is 1. The zero-order chi connectivity index (χ0) is 16.9. The van der Waals surface area contributed by atoms with Gasteiger partial charge in [-0.15, -0.1) is 0 Å². The molecule has 1 aliphatic heterocycles. The van der Waals surface area contributed by atoms with Crippen molar-refractivity contribution in [2.24, 2.45) is 5.92 Å². The molecular weight excluding hydrogens is 302 g/mol. The first kappa shape index (κ1) is 17.4. The van der Waals surface area contributed by atoms with Crippen LogP contribution in [0.25, 0.3) is 0 Å². The zero-order valence-corrected chi connectivity index (χ0v) is 14.6. The first-order chi connectivity index (χ1) is 11.6. The van der Waals surface area contributed by atoms with Crippen LogP contribution in [0.2, 0.25) is 0 Å². The van der Waals surface area contributed by atoms with E-state index in [2.05, 4.69) is 4.90 Å². The van der Waals surface area contributed by atoms with Gasteiger partial charge in [-0.1, -0.05) is 12.8 Å². The molecule has 2 aliphatic rings. The van der Waals surface area contributed by atoms with Crippen molar-refractivity contribution in [1.29, 1.82) is 0 Å². The third-order valence-corrected chi connectivity index (χ3v) is 5.51. The largest absolute Gasteiger partial charge is 0.491 e. The van der Waals surface area contributed by atoms with Gasteiger partial charge in [0.25, 0.3) is 0 Å². The van der Waals surface area contributed by atoms with Crippen molar-refractivity contribution < 1.29 is 14.6 Å². The summed E-state index contributed by atoms with van der Waals surface area (Å²) in [7, 11) is 0. The molecular formula is C20H29NO3. The molecule has 0 spiro atoms. The van der Waals surface area contributed by atoms with Gasteiger partial charge in [0.05, 0.1) is 0 Å². The number of ether oxygens (including phenoxy) is 1. The van der Waals surface area contributed by atoms with Crippen LogP contribution in [0.4, 0.5) is 0 Å². The second-order valence-electron chi connectivity index (χ2n) is 7.29. The van der Waals surface area contributed by atoms with Crippen molar-refractivity contribution in [3.05, 3.63) is 29.8 Å². The predicted molar refractivity (Wildman–Crippen MR) is 94.5 cm³/mol. The lowest BCUT2D eigenvalue weighted by atomic mass is 9.78. The molecule has 4 nitrogen and oxygen atoms in total. The summed E-state index contributed by atoms with van der Waals surface area (Å²) in [4.78, 5) is 13.8. The fourth-order valence-electron chi connectivity index (χ4n) is 4.26. The fourth-order valence-corrected chi connectivity index (χ4v) is 4.26. The van der Waals surface area contributed by atoms with Crippen molar-refractivity contribution in [3.8, 4) is 5.75 Å². The molecule has 24 heavy (non-hydrogen) atoms. The normalized spacial score (nSPS) is 25.8. The third kappa shape index (κ3) is 4.37. The van der Waals surface area contributed by atoms with Crippen molar-refractivity contribution in [2.45, 2.75) is 57.6 Å². The molecule has 0 bridgehead atoms. The second-order valence-corrected chi connectivity index (χ2v) is 7.29. The Balaban J connectivity index is 1.48. The first-order valence-corrected chi connectivity index (χ1v) is 9.29. The molecule has 1 saturated heterocycles. The number of hydrogen-bond acceptors (Lipinski definition) is 4. The van der Waals surface area contributed by atoms with Crippen LogP contribution < -0.4 is 4.74 Å². The minimum absolute atomic E-state index is 0.0497. The van der Waals surface area contributed by atoms with Gasteiger partial charge in [-0.05, 0) is 69.3 Å². The molecule has 3 unspecified atom stereocenters. The van der Waals surface area contributed by atoms with Gasteiger partial charge in [-0.25, -0.2) is 0 Å². The maximum atomic E-state index is 11.3. The Labute approximate surface area is 144 Å². The van der Waals surface area contributed by atoms with Crippen LogP contribution >= 0.6 is 0 Å². The summed E-state index contributed by atoms with van der Waals surface area (Å²) in [5.41, 5.74) is 0.680. The Hall–Kier alpha value is -1.39. The highest BCUT2D eigenvalue weighted by Crippen LogP contribution is 2.35. The molecule has 1 N–H and O–H groups in total. The molecule has 0 radical (unpaired) electrons. The van der Waals surface area contributed by atoms with Crippen LogP contribution in [-0.2, 0) is 0 Å². The number of Topliss-reactive ketones (excluding diaryl/α,β-unsaturated/α-hetero) is 1. The summed E-state index contributed by atoms with van der Waals surface area (Å²) in [5.74, 6) is 1.58. The summed E-state index contributed by atoms with van der Waals surface area (Å²) >= 11 is 0. The molecule has 3 rings (SSSR count). The average molecular weight is 331 g/mol. The van der Waals surface area contributed by atoms with Crippen molar-refractivity contribution in [1.82, 2.24) is 4.90 Å². The number of piperidine rings is 1. The quantitative estimate of drug-likeness (QED) is 0.813. The van der Waals surface area contributed by atoms with Crippen LogP contribution in [0.1, 0.15) is 55.8 Å². The highest BCUT2D eigenvalue weighted by molar-refractivity contribution is 5.94. The highest BCUT2D eigenvalue weighted by atomic mass is 16.5. The summed E-state index contributed by atoms with van der Waals surface area (Å²) < 4.78 is 5.69. The number of carbonyl (C=O) groups is 1. The lowest BCUT2D eigenvalue weighted by Crippen LogP contribution is -2.50. The average Bonchev–Trinajstić information content (AvgIpc) is 2.61. The van der Waals surface area contributed by atoms with Crippen molar-refractivity contribution in [2.75, 3.05) is 19.7 Å². The van der Waals surface area contributed by atoms with E-state index in [1.54, 1.807) is 31.2 Å². The Kier molecular flexibility index (Phi) is 5.90. The smallest absolute Gasteiger partial charge is 0.159 e. The predicted octanol–water partition coefficient (Wildman–Crippen LogP) is 3.28. The minimum Gasteiger partial charge on any atom is -0.491 e. The maximum absolute atomic E-state index is 11.3. The fraction of sp³-hybridized carbons (Fsp3) is 0.650. The van der Waals surface area contributed by atoms with Crippen molar-refractivity contribution >= 4 is 5.78 Å². The number of carbonyl (C=O) groups excluding carboxylic acids is 1. The first-order valence-electron chi connectivity index (χ1n) is 9.29. The minimum atomic E-state index is -0.474. The molecule has 1 saturated carbocycles. The monoisotopic (exact) mass is 331 g/mol. The molecule has 0 aromatic heterocycles. The highest BCUT2D eigenvalue weighted by Gasteiger charge is 2.33. The number of benzene rings is 1. The third-order valence-electron chi connectivity index (χ3n) is 5.51. The molecule has 2 fully saturated rings. The molecule has 132 valence electrons. The molecule has 0 amide bonds. The molecule has 1 heterocycles. The Bertz CT molecular complexity index is 540. The molecule has 3 atom stereocenters. The van der Waals surface area contributed by atoms with E-state index < -0.39 is 6.10 Å². The number of hydrogen-bond donors (Lipinski definition) is 1. The number of nitrogens with zero attached hydrogens (tertiary/aromatic N) is 1. The van der Waals surface area contributed by atoms with Gasteiger partial charge in [0.2, 0.25) is 0 Å². The van der Waals surface area contributed by atoms with Gasteiger partial charge < -0.3 is 9.84 Å². The molecule has 1 aromatic carbocycles. The second kappa shape index (κ2) is 8.13. The van der Waals surface area contributed by atoms with Crippen LogP contribution in [0.3, 0.4) is 0 Å². The van der Waals surface area contributed by atoms with Crippen LogP contribution in [-0.4, -0.2) is 47.6 Å². The number of β-amino-alcohol motifs (C(OH)–C–C–N with tert-alkyl or cyclic N) is 1. The standard InChI is InChI=1S/C20H29NO3/c1-15(22)16-8-10-19(11-9-16)24-14-18(23)13-21-12-4-6-17-5-2-3-7-20(17)21/h8-11,17-18,20,23H,2-7,12-14H2,1H3. The van der Waals surface area contributed by atoms with Gasteiger partial charge in [0, 0.05) is 18.2 Å².